The summed E-state index contributed by atoms with van der Waals surface area (Å²) in [5.74, 6) is -0.108. The zero-order valence-corrected chi connectivity index (χ0v) is 8.55. The van der Waals surface area contributed by atoms with E-state index in [2.05, 4.69) is 5.32 Å². The third-order valence-corrected chi connectivity index (χ3v) is 2.87. The molecule has 3 heteroatoms. The van der Waals surface area contributed by atoms with Gasteiger partial charge in [0, 0.05) is 19.6 Å². The highest BCUT2D eigenvalue weighted by atomic mass is 19.1. The van der Waals surface area contributed by atoms with Crippen LogP contribution in [0.5, 0.6) is 0 Å². The van der Waals surface area contributed by atoms with Crippen molar-refractivity contribution >= 4 is 5.69 Å². The van der Waals surface area contributed by atoms with Gasteiger partial charge in [-0.2, -0.15) is 0 Å². The van der Waals surface area contributed by atoms with Crippen molar-refractivity contribution in [2.24, 2.45) is 0 Å². The molecule has 1 aliphatic rings. The molecule has 0 bridgehead atoms. The maximum absolute atomic E-state index is 13.5. The lowest BCUT2D eigenvalue weighted by molar-refractivity contribution is 0.595. The molecule has 1 aromatic rings. The highest BCUT2D eigenvalue weighted by molar-refractivity contribution is 5.59. The molecule has 76 valence electrons. The van der Waals surface area contributed by atoms with Crippen LogP contribution in [-0.2, 0) is 6.42 Å². The van der Waals surface area contributed by atoms with E-state index in [-0.39, 0.29) is 5.82 Å². The Hall–Kier alpha value is -1.09. The Morgan fingerprint density at radius 1 is 1.57 bits per heavy atom. The maximum atomic E-state index is 13.5. The first-order valence-corrected chi connectivity index (χ1v) is 4.89. The van der Waals surface area contributed by atoms with Gasteiger partial charge < -0.3 is 10.2 Å². The van der Waals surface area contributed by atoms with Crippen LogP contribution in [0.4, 0.5) is 10.1 Å². The highest BCUT2D eigenvalue weighted by Gasteiger charge is 2.27. The smallest absolute Gasteiger partial charge is 0.146 e. The summed E-state index contributed by atoms with van der Waals surface area (Å²) in [6, 6.07) is 5.69. The fourth-order valence-electron chi connectivity index (χ4n) is 2.14. The van der Waals surface area contributed by atoms with Crippen LogP contribution in [0.1, 0.15) is 5.56 Å². The topological polar surface area (TPSA) is 15.3 Å². The lowest BCUT2D eigenvalue weighted by Crippen LogP contribution is -2.36. The molecule has 0 fully saturated rings. The zero-order valence-electron chi connectivity index (χ0n) is 8.55. The second-order valence-electron chi connectivity index (χ2n) is 3.77. The fraction of sp³-hybridized carbons (Fsp3) is 0.455. The predicted molar refractivity (Wildman–Crippen MR) is 56.2 cm³/mol. The van der Waals surface area contributed by atoms with Gasteiger partial charge in [0.25, 0.3) is 0 Å². The van der Waals surface area contributed by atoms with Gasteiger partial charge >= 0.3 is 0 Å². The van der Waals surface area contributed by atoms with Crippen molar-refractivity contribution in [1.82, 2.24) is 5.32 Å². The predicted octanol–water partition coefficient (Wildman–Crippen LogP) is 1.41. The first-order chi connectivity index (χ1) is 6.74. The van der Waals surface area contributed by atoms with Gasteiger partial charge in [0.15, 0.2) is 0 Å². The number of halogens is 1. The minimum atomic E-state index is -0.108. The SMILES string of the molecule is CNCC1Cc2cccc(F)c2N1C. The van der Waals surface area contributed by atoms with Crippen LogP contribution in [0, 0.1) is 5.82 Å². The number of rotatable bonds is 2. The molecule has 1 unspecified atom stereocenters. The fourth-order valence-corrected chi connectivity index (χ4v) is 2.14. The van der Waals surface area contributed by atoms with E-state index in [9.17, 15) is 4.39 Å². The van der Waals surface area contributed by atoms with Gasteiger partial charge in [-0.1, -0.05) is 12.1 Å². The molecule has 1 aromatic carbocycles. The summed E-state index contributed by atoms with van der Waals surface area (Å²) < 4.78 is 13.5. The van der Waals surface area contributed by atoms with Gasteiger partial charge in [0.05, 0.1) is 5.69 Å². The maximum Gasteiger partial charge on any atom is 0.146 e. The Kier molecular flexibility index (Phi) is 2.42. The molecule has 0 radical (unpaired) electrons. The Bertz CT molecular complexity index is 338. The lowest BCUT2D eigenvalue weighted by atomic mass is 10.1. The molecule has 0 amide bonds. The average molecular weight is 194 g/mol. The number of anilines is 1. The van der Waals surface area contributed by atoms with Crippen molar-refractivity contribution < 1.29 is 4.39 Å². The number of hydrogen-bond acceptors (Lipinski definition) is 2. The standard InChI is InChI=1S/C11H15FN2/c1-13-7-9-6-8-4-3-5-10(12)11(8)14(9)2/h3-5,9,13H,6-7H2,1-2H3. The van der Waals surface area contributed by atoms with E-state index in [0.29, 0.717) is 6.04 Å². The Morgan fingerprint density at radius 3 is 3.00 bits per heavy atom. The van der Waals surface area contributed by atoms with Crippen molar-refractivity contribution in [2.45, 2.75) is 12.5 Å². The first kappa shape index (κ1) is 9.46. The normalized spacial score (nSPS) is 19.9. The molecule has 2 rings (SSSR count). The number of hydrogen-bond donors (Lipinski definition) is 1. The molecule has 1 aliphatic heterocycles. The number of nitrogens with one attached hydrogen (secondary N) is 1. The van der Waals surface area contributed by atoms with E-state index in [4.69, 9.17) is 0 Å². The van der Waals surface area contributed by atoms with Crippen LogP contribution >= 0.6 is 0 Å². The van der Waals surface area contributed by atoms with E-state index in [1.165, 1.54) is 6.07 Å². The highest BCUT2D eigenvalue weighted by Crippen LogP contribution is 2.32. The Balaban J connectivity index is 2.31. The molecule has 0 saturated carbocycles. The monoisotopic (exact) mass is 194 g/mol. The van der Waals surface area contributed by atoms with E-state index in [1.807, 2.05) is 25.1 Å². The lowest BCUT2D eigenvalue weighted by Gasteiger charge is -2.22. The van der Waals surface area contributed by atoms with E-state index < -0.39 is 0 Å². The van der Waals surface area contributed by atoms with Crippen LogP contribution in [-0.4, -0.2) is 26.7 Å². The summed E-state index contributed by atoms with van der Waals surface area (Å²) in [5, 5.41) is 3.13. The molecule has 0 saturated heterocycles. The number of para-hydroxylation sites is 1. The van der Waals surface area contributed by atoms with Gasteiger partial charge in [-0.05, 0) is 25.1 Å². The van der Waals surface area contributed by atoms with Crippen molar-refractivity contribution in [3.05, 3.63) is 29.6 Å². The van der Waals surface area contributed by atoms with Crippen molar-refractivity contribution in [2.75, 3.05) is 25.5 Å². The number of likely N-dealkylation sites (N-methyl/N-ethyl adjacent to an activating group) is 2. The molecule has 1 atom stereocenters. The molecule has 0 aromatic heterocycles. The third kappa shape index (κ3) is 1.38. The van der Waals surface area contributed by atoms with Crippen molar-refractivity contribution in [3.8, 4) is 0 Å². The van der Waals surface area contributed by atoms with Crippen molar-refractivity contribution in [1.29, 1.82) is 0 Å². The van der Waals surface area contributed by atoms with Gasteiger partial charge in [0.2, 0.25) is 0 Å². The van der Waals surface area contributed by atoms with E-state index >= 15 is 0 Å². The summed E-state index contributed by atoms with van der Waals surface area (Å²) in [4.78, 5) is 2.03. The van der Waals surface area contributed by atoms with Crippen LogP contribution in [0.25, 0.3) is 0 Å². The third-order valence-electron chi connectivity index (χ3n) is 2.87. The zero-order chi connectivity index (χ0) is 10.1. The summed E-state index contributed by atoms with van der Waals surface area (Å²) >= 11 is 0. The van der Waals surface area contributed by atoms with Gasteiger partial charge in [-0.25, -0.2) is 4.39 Å². The number of fused-ring (bicyclic) bond motifs is 1. The second kappa shape index (κ2) is 3.58. The van der Waals surface area contributed by atoms with Crippen LogP contribution in [0.3, 0.4) is 0 Å². The molecule has 0 aliphatic carbocycles. The summed E-state index contributed by atoms with van der Waals surface area (Å²) in [5.41, 5.74) is 1.89. The number of benzene rings is 1. The molecule has 0 spiro atoms. The quantitative estimate of drug-likeness (QED) is 0.765. The van der Waals surface area contributed by atoms with Crippen LogP contribution in [0.15, 0.2) is 18.2 Å². The van der Waals surface area contributed by atoms with Gasteiger partial charge in [-0.3, -0.25) is 0 Å². The summed E-state index contributed by atoms with van der Waals surface area (Å²) in [6.07, 6.45) is 0.935. The van der Waals surface area contributed by atoms with Gasteiger partial charge in [-0.15, -0.1) is 0 Å². The van der Waals surface area contributed by atoms with Crippen LogP contribution in [0.2, 0.25) is 0 Å². The first-order valence-electron chi connectivity index (χ1n) is 4.89. The number of nitrogens with zero attached hydrogens (tertiary/aromatic N) is 1. The average Bonchev–Trinajstić information content (AvgIpc) is 2.46. The Labute approximate surface area is 83.7 Å². The molecular formula is C11H15FN2. The van der Waals surface area contributed by atoms with E-state index in [1.54, 1.807) is 6.07 Å². The molecular weight excluding hydrogens is 179 g/mol. The molecule has 14 heavy (non-hydrogen) atoms. The van der Waals surface area contributed by atoms with E-state index in [0.717, 1.165) is 24.2 Å². The summed E-state index contributed by atoms with van der Waals surface area (Å²) in [6.45, 7) is 0.893. The van der Waals surface area contributed by atoms with Gasteiger partial charge in [0.1, 0.15) is 5.82 Å². The molecule has 1 N–H and O–H groups in total. The van der Waals surface area contributed by atoms with Crippen molar-refractivity contribution in [3.63, 3.8) is 0 Å². The second-order valence-corrected chi connectivity index (χ2v) is 3.77. The largest absolute Gasteiger partial charge is 0.367 e. The van der Waals surface area contributed by atoms with Crippen LogP contribution < -0.4 is 10.2 Å². The minimum absolute atomic E-state index is 0.108. The molecule has 1 heterocycles. The Morgan fingerprint density at radius 2 is 2.36 bits per heavy atom. The molecule has 2 nitrogen and oxygen atoms in total. The summed E-state index contributed by atoms with van der Waals surface area (Å²) in [7, 11) is 3.88. The minimum Gasteiger partial charge on any atom is -0.367 e.